The maximum atomic E-state index is 6.09. The predicted molar refractivity (Wildman–Crippen MR) is 83.2 cm³/mol. The quantitative estimate of drug-likeness (QED) is 0.768. The second kappa shape index (κ2) is 8.44. The summed E-state index contributed by atoms with van der Waals surface area (Å²) in [6.45, 7) is 7.69. The van der Waals surface area contributed by atoms with Gasteiger partial charge in [0.05, 0.1) is 7.11 Å². The summed E-state index contributed by atoms with van der Waals surface area (Å²) in [5.74, 6) is 1.66. The van der Waals surface area contributed by atoms with E-state index in [4.69, 9.17) is 16.3 Å². The zero-order valence-electron chi connectivity index (χ0n) is 12.5. The zero-order chi connectivity index (χ0) is 14.3. The summed E-state index contributed by atoms with van der Waals surface area (Å²) in [4.78, 5) is 0. The van der Waals surface area contributed by atoms with Crippen molar-refractivity contribution in [3.8, 4) is 5.75 Å². The molecule has 0 aliphatic heterocycles. The van der Waals surface area contributed by atoms with Crippen LogP contribution in [0.1, 0.15) is 39.2 Å². The molecule has 2 nitrogen and oxygen atoms in total. The van der Waals surface area contributed by atoms with E-state index in [0.29, 0.717) is 6.04 Å². The van der Waals surface area contributed by atoms with Crippen LogP contribution in [0.2, 0.25) is 5.02 Å². The number of ether oxygens (including phenoxy) is 1. The number of rotatable bonds is 8. The summed E-state index contributed by atoms with van der Waals surface area (Å²) in [6, 6.07) is 6.32. The molecule has 0 heterocycles. The van der Waals surface area contributed by atoms with Gasteiger partial charge in [0.15, 0.2) is 0 Å². The van der Waals surface area contributed by atoms with Crippen LogP contribution >= 0.6 is 11.6 Å². The molecule has 0 saturated heterocycles. The number of halogens is 1. The van der Waals surface area contributed by atoms with Gasteiger partial charge in [-0.2, -0.15) is 0 Å². The molecule has 1 rings (SSSR count). The summed E-state index contributed by atoms with van der Waals surface area (Å²) in [6.07, 6.45) is 3.36. The van der Waals surface area contributed by atoms with Crippen molar-refractivity contribution >= 4 is 11.6 Å². The Morgan fingerprint density at radius 2 is 2.05 bits per heavy atom. The van der Waals surface area contributed by atoms with Crippen LogP contribution in [0, 0.1) is 5.92 Å². The Morgan fingerprint density at radius 3 is 2.63 bits per heavy atom. The van der Waals surface area contributed by atoms with Gasteiger partial charge in [0.1, 0.15) is 5.75 Å². The molecule has 0 saturated carbocycles. The third-order valence-corrected chi connectivity index (χ3v) is 3.82. The van der Waals surface area contributed by atoms with E-state index in [9.17, 15) is 0 Å². The van der Waals surface area contributed by atoms with Gasteiger partial charge < -0.3 is 10.1 Å². The number of methoxy groups -OCH3 is 1. The topological polar surface area (TPSA) is 21.3 Å². The number of hydrogen-bond acceptors (Lipinski definition) is 2. The molecular formula is C16H26ClNO. The van der Waals surface area contributed by atoms with Gasteiger partial charge in [-0.15, -0.1) is 0 Å². The highest BCUT2D eigenvalue weighted by atomic mass is 35.5. The molecule has 0 spiro atoms. The number of nitrogens with one attached hydrogen (secondary N) is 1. The molecular weight excluding hydrogens is 258 g/mol. The zero-order valence-corrected chi connectivity index (χ0v) is 13.3. The Labute approximate surface area is 122 Å². The molecule has 0 bridgehead atoms. The van der Waals surface area contributed by atoms with Crippen LogP contribution in [0.15, 0.2) is 18.2 Å². The first-order chi connectivity index (χ1) is 9.10. The van der Waals surface area contributed by atoms with Crippen LogP contribution in [-0.2, 0) is 6.42 Å². The third-order valence-electron chi connectivity index (χ3n) is 3.59. The van der Waals surface area contributed by atoms with Crippen molar-refractivity contribution in [3.05, 3.63) is 28.8 Å². The number of hydrogen-bond donors (Lipinski definition) is 1. The van der Waals surface area contributed by atoms with Crippen LogP contribution in [0.5, 0.6) is 5.75 Å². The predicted octanol–water partition coefficient (Wildman–Crippen LogP) is 4.31. The van der Waals surface area contributed by atoms with Gasteiger partial charge in [-0.25, -0.2) is 0 Å². The van der Waals surface area contributed by atoms with E-state index in [1.165, 1.54) is 18.4 Å². The molecule has 19 heavy (non-hydrogen) atoms. The molecule has 3 heteroatoms. The lowest BCUT2D eigenvalue weighted by molar-refractivity contribution is 0.381. The second-order valence-corrected chi connectivity index (χ2v) is 5.60. The molecule has 1 aromatic carbocycles. The highest BCUT2D eigenvalue weighted by Gasteiger charge is 2.14. The van der Waals surface area contributed by atoms with E-state index in [1.54, 1.807) is 7.11 Å². The van der Waals surface area contributed by atoms with Crippen molar-refractivity contribution in [2.75, 3.05) is 13.7 Å². The summed E-state index contributed by atoms with van der Waals surface area (Å²) >= 11 is 6.09. The Kier molecular flexibility index (Phi) is 7.25. The average Bonchev–Trinajstić information content (AvgIpc) is 2.39. The molecule has 1 aromatic rings. The standard InChI is InChI=1S/C16H26ClNO/c1-5-12(3)9-15(18-6-2)11-13-10-14(17)7-8-16(13)19-4/h7-8,10,12,15,18H,5-6,9,11H2,1-4H3. The molecule has 2 atom stereocenters. The number of likely N-dealkylation sites (N-methyl/N-ethyl adjacent to an activating group) is 1. The SMILES string of the molecule is CCNC(Cc1cc(Cl)ccc1OC)CC(C)CC. The van der Waals surface area contributed by atoms with Crippen LogP contribution in [0.3, 0.4) is 0 Å². The fraction of sp³-hybridized carbons (Fsp3) is 0.625. The molecule has 0 radical (unpaired) electrons. The molecule has 0 amide bonds. The van der Waals surface area contributed by atoms with Crippen molar-refractivity contribution in [3.63, 3.8) is 0 Å². The average molecular weight is 284 g/mol. The first kappa shape index (κ1) is 16.3. The monoisotopic (exact) mass is 283 g/mol. The highest BCUT2D eigenvalue weighted by Crippen LogP contribution is 2.25. The van der Waals surface area contributed by atoms with Crippen LogP contribution in [0.4, 0.5) is 0 Å². The van der Waals surface area contributed by atoms with E-state index in [-0.39, 0.29) is 0 Å². The lowest BCUT2D eigenvalue weighted by Gasteiger charge is -2.22. The van der Waals surface area contributed by atoms with E-state index in [2.05, 4.69) is 26.1 Å². The third kappa shape index (κ3) is 5.42. The second-order valence-electron chi connectivity index (χ2n) is 5.16. The van der Waals surface area contributed by atoms with Crippen molar-refractivity contribution in [2.45, 2.75) is 46.1 Å². The molecule has 0 fully saturated rings. The fourth-order valence-electron chi connectivity index (χ4n) is 2.35. The van der Waals surface area contributed by atoms with E-state index < -0.39 is 0 Å². The first-order valence-electron chi connectivity index (χ1n) is 7.16. The molecule has 108 valence electrons. The minimum Gasteiger partial charge on any atom is -0.496 e. The van der Waals surface area contributed by atoms with Crippen molar-refractivity contribution < 1.29 is 4.74 Å². The van der Waals surface area contributed by atoms with E-state index in [1.807, 2.05) is 18.2 Å². The summed E-state index contributed by atoms with van der Waals surface area (Å²) in [5, 5.41) is 4.34. The lowest BCUT2D eigenvalue weighted by Crippen LogP contribution is -2.32. The molecule has 1 N–H and O–H groups in total. The van der Waals surface area contributed by atoms with Crippen LogP contribution in [-0.4, -0.2) is 19.7 Å². The summed E-state index contributed by atoms with van der Waals surface area (Å²) in [5.41, 5.74) is 1.18. The van der Waals surface area contributed by atoms with E-state index in [0.717, 1.165) is 29.7 Å². The molecule has 0 aliphatic rings. The smallest absolute Gasteiger partial charge is 0.122 e. The van der Waals surface area contributed by atoms with Crippen LogP contribution in [0.25, 0.3) is 0 Å². The van der Waals surface area contributed by atoms with Crippen molar-refractivity contribution in [2.24, 2.45) is 5.92 Å². The normalized spacial score (nSPS) is 14.2. The number of benzene rings is 1. The van der Waals surface area contributed by atoms with Gasteiger partial charge >= 0.3 is 0 Å². The Bertz CT molecular complexity index is 381. The summed E-state index contributed by atoms with van der Waals surface area (Å²) < 4.78 is 5.42. The highest BCUT2D eigenvalue weighted by molar-refractivity contribution is 6.30. The Hall–Kier alpha value is -0.730. The van der Waals surface area contributed by atoms with Gasteiger partial charge in [-0.3, -0.25) is 0 Å². The largest absolute Gasteiger partial charge is 0.496 e. The fourth-order valence-corrected chi connectivity index (χ4v) is 2.55. The lowest BCUT2D eigenvalue weighted by atomic mass is 9.94. The Balaban J connectivity index is 2.80. The van der Waals surface area contributed by atoms with Crippen molar-refractivity contribution in [1.82, 2.24) is 5.32 Å². The van der Waals surface area contributed by atoms with Crippen molar-refractivity contribution in [1.29, 1.82) is 0 Å². The summed E-state index contributed by atoms with van der Waals surface area (Å²) in [7, 11) is 1.71. The van der Waals surface area contributed by atoms with Gasteiger partial charge in [0.25, 0.3) is 0 Å². The van der Waals surface area contributed by atoms with E-state index >= 15 is 0 Å². The maximum Gasteiger partial charge on any atom is 0.122 e. The minimum absolute atomic E-state index is 0.479. The first-order valence-corrected chi connectivity index (χ1v) is 7.54. The van der Waals surface area contributed by atoms with Gasteiger partial charge in [0, 0.05) is 11.1 Å². The molecule has 0 aromatic heterocycles. The van der Waals surface area contributed by atoms with Gasteiger partial charge in [-0.05, 0) is 49.1 Å². The Morgan fingerprint density at radius 1 is 1.32 bits per heavy atom. The molecule has 0 aliphatic carbocycles. The van der Waals surface area contributed by atoms with Crippen LogP contribution < -0.4 is 10.1 Å². The molecule has 2 unspecified atom stereocenters. The van der Waals surface area contributed by atoms with Gasteiger partial charge in [0.2, 0.25) is 0 Å². The van der Waals surface area contributed by atoms with Gasteiger partial charge in [-0.1, -0.05) is 38.8 Å². The minimum atomic E-state index is 0.479. The maximum absolute atomic E-state index is 6.09.